The van der Waals surface area contributed by atoms with E-state index < -0.39 is 0 Å². The van der Waals surface area contributed by atoms with E-state index in [0.717, 1.165) is 16.9 Å². The highest BCUT2D eigenvalue weighted by Crippen LogP contribution is 2.10. The molecule has 0 bridgehead atoms. The zero-order valence-electron chi connectivity index (χ0n) is 11.2. The van der Waals surface area contributed by atoms with Crippen molar-refractivity contribution in [1.29, 1.82) is 0 Å². The maximum atomic E-state index is 5.73. The maximum absolute atomic E-state index is 5.73. The zero-order chi connectivity index (χ0) is 13.8. The number of aromatic nitrogens is 2. The van der Waals surface area contributed by atoms with Gasteiger partial charge in [-0.1, -0.05) is 36.4 Å². The molecule has 3 rings (SSSR count). The minimum atomic E-state index is 0.460. The highest BCUT2D eigenvalue weighted by atomic mass is 16.5. The molecule has 0 radical (unpaired) electrons. The second kappa shape index (κ2) is 5.86. The number of hydrogen-bond acceptors (Lipinski definition) is 3. The number of ether oxygens (including phenoxy) is 1. The number of nitrogens with two attached hydrogens (primary N) is 1. The SMILES string of the molecule is NCc1cn2cc(COCc3ccccc3)ccc2n1. The molecule has 4 nitrogen and oxygen atoms in total. The quantitative estimate of drug-likeness (QED) is 0.772. The van der Waals surface area contributed by atoms with Crippen LogP contribution in [0.2, 0.25) is 0 Å². The summed E-state index contributed by atoms with van der Waals surface area (Å²) in [6.45, 7) is 1.67. The minimum absolute atomic E-state index is 0.460. The number of benzene rings is 1. The molecule has 0 amide bonds. The summed E-state index contributed by atoms with van der Waals surface area (Å²) in [5, 5.41) is 0. The molecule has 0 aliphatic heterocycles. The Balaban J connectivity index is 1.65. The molecule has 0 aliphatic rings. The van der Waals surface area contributed by atoms with Crippen LogP contribution in [-0.4, -0.2) is 9.38 Å². The smallest absolute Gasteiger partial charge is 0.137 e. The van der Waals surface area contributed by atoms with Gasteiger partial charge in [0.1, 0.15) is 5.65 Å². The normalized spacial score (nSPS) is 11.1. The molecule has 1 aromatic carbocycles. The Morgan fingerprint density at radius 1 is 0.950 bits per heavy atom. The molecule has 0 saturated heterocycles. The number of rotatable bonds is 5. The van der Waals surface area contributed by atoms with Crippen molar-refractivity contribution < 1.29 is 4.74 Å². The molecule has 0 unspecified atom stereocenters. The van der Waals surface area contributed by atoms with E-state index in [2.05, 4.69) is 17.1 Å². The lowest BCUT2D eigenvalue weighted by Crippen LogP contribution is -1.96. The molecule has 0 aliphatic carbocycles. The van der Waals surface area contributed by atoms with Gasteiger partial charge in [-0.2, -0.15) is 0 Å². The zero-order valence-corrected chi connectivity index (χ0v) is 11.2. The van der Waals surface area contributed by atoms with E-state index in [4.69, 9.17) is 10.5 Å². The fourth-order valence-corrected chi connectivity index (χ4v) is 2.14. The van der Waals surface area contributed by atoms with Crippen LogP contribution in [0.5, 0.6) is 0 Å². The molecular formula is C16H17N3O. The van der Waals surface area contributed by atoms with E-state index in [9.17, 15) is 0 Å². The van der Waals surface area contributed by atoms with Gasteiger partial charge in [-0.05, 0) is 17.2 Å². The lowest BCUT2D eigenvalue weighted by Gasteiger charge is -2.05. The van der Waals surface area contributed by atoms with Crippen molar-refractivity contribution in [3.63, 3.8) is 0 Å². The van der Waals surface area contributed by atoms with Crippen LogP contribution in [0.1, 0.15) is 16.8 Å². The van der Waals surface area contributed by atoms with Gasteiger partial charge in [0.05, 0.1) is 18.9 Å². The van der Waals surface area contributed by atoms with Crippen molar-refractivity contribution in [2.45, 2.75) is 19.8 Å². The average Bonchev–Trinajstić information content (AvgIpc) is 2.91. The third-order valence-electron chi connectivity index (χ3n) is 3.15. The van der Waals surface area contributed by atoms with Gasteiger partial charge >= 0.3 is 0 Å². The first-order valence-electron chi connectivity index (χ1n) is 6.63. The van der Waals surface area contributed by atoms with Crippen LogP contribution < -0.4 is 5.73 Å². The van der Waals surface area contributed by atoms with Gasteiger partial charge < -0.3 is 14.9 Å². The van der Waals surface area contributed by atoms with Crippen molar-refractivity contribution in [2.24, 2.45) is 5.73 Å². The second-order valence-corrected chi connectivity index (χ2v) is 4.72. The standard InChI is InChI=1S/C16H17N3O/c17-8-15-10-19-9-14(6-7-16(19)18-15)12-20-11-13-4-2-1-3-5-13/h1-7,9-10H,8,11-12,17H2. The number of pyridine rings is 1. The largest absolute Gasteiger partial charge is 0.372 e. The van der Waals surface area contributed by atoms with Crippen LogP contribution in [0.4, 0.5) is 0 Å². The van der Waals surface area contributed by atoms with Crippen LogP contribution in [-0.2, 0) is 24.5 Å². The third-order valence-corrected chi connectivity index (χ3v) is 3.15. The van der Waals surface area contributed by atoms with Gasteiger partial charge in [0.2, 0.25) is 0 Å². The summed E-state index contributed by atoms with van der Waals surface area (Å²) < 4.78 is 7.72. The molecule has 2 N–H and O–H groups in total. The van der Waals surface area contributed by atoms with Gasteiger partial charge in [0, 0.05) is 18.9 Å². The third kappa shape index (κ3) is 2.87. The predicted molar refractivity (Wildman–Crippen MR) is 78.0 cm³/mol. The van der Waals surface area contributed by atoms with E-state index in [0.29, 0.717) is 19.8 Å². The Hall–Kier alpha value is -2.17. The summed E-state index contributed by atoms with van der Waals surface area (Å²) >= 11 is 0. The molecule has 20 heavy (non-hydrogen) atoms. The number of fused-ring (bicyclic) bond motifs is 1. The van der Waals surface area contributed by atoms with Gasteiger partial charge in [0.25, 0.3) is 0 Å². The van der Waals surface area contributed by atoms with Gasteiger partial charge in [-0.15, -0.1) is 0 Å². The lowest BCUT2D eigenvalue weighted by atomic mass is 10.2. The van der Waals surface area contributed by atoms with Crippen LogP contribution in [0.15, 0.2) is 54.9 Å². The van der Waals surface area contributed by atoms with E-state index in [1.54, 1.807) is 0 Å². The highest BCUT2D eigenvalue weighted by Gasteiger charge is 2.01. The van der Waals surface area contributed by atoms with Crippen molar-refractivity contribution >= 4 is 5.65 Å². The van der Waals surface area contributed by atoms with Crippen LogP contribution in [0.3, 0.4) is 0 Å². The minimum Gasteiger partial charge on any atom is -0.372 e. The Morgan fingerprint density at radius 3 is 2.55 bits per heavy atom. The van der Waals surface area contributed by atoms with Crippen LogP contribution >= 0.6 is 0 Å². The molecule has 3 aromatic rings. The molecule has 102 valence electrons. The lowest BCUT2D eigenvalue weighted by molar-refractivity contribution is 0.107. The topological polar surface area (TPSA) is 52.5 Å². The monoisotopic (exact) mass is 267 g/mol. The van der Waals surface area contributed by atoms with Gasteiger partial charge in [-0.3, -0.25) is 0 Å². The summed E-state index contributed by atoms with van der Waals surface area (Å²) in [5.41, 5.74) is 9.71. The fourth-order valence-electron chi connectivity index (χ4n) is 2.14. The van der Waals surface area contributed by atoms with Gasteiger partial charge in [-0.25, -0.2) is 4.98 Å². The average molecular weight is 267 g/mol. The predicted octanol–water partition coefficient (Wildman–Crippen LogP) is 2.51. The summed E-state index contributed by atoms with van der Waals surface area (Å²) in [6.07, 6.45) is 3.99. The van der Waals surface area contributed by atoms with E-state index in [1.807, 2.05) is 47.1 Å². The van der Waals surface area contributed by atoms with Crippen molar-refractivity contribution in [1.82, 2.24) is 9.38 Å². The van der Waals surface area contributed by atoms with Crippen LogP contribution in [0, 0.1) is 0 Å². The Labute approximate surface area is 117 Å². The molecule has 2 aromatic heterocycles. The van der Waals surface area contributed by atoms with Crippen molar-refractivity contribution in [3.8, 4) is 0 Å². The van der Waals surface area contributed by atoms with E-state index in [1.165, 1.54) is 5.56 Å². The summed E-state index contributed by atoms with van der Waals surface area (Å²) in [6, 6.07) is 14.2. The first-order chi connectivity index (χ1) is 9.85. The van der Waals surface area contributed by atoms with Gasteiger partial charge in [0.15, 0.2) is 0 Å². The van der Waals surface area contributed by atoms with E-state index >= 15 is 0 Å². The number of imidazole rings is 1. The second-order valence-electron chi connectivity index (χ2n) is 4.72. The molecule has 0 spiro atoms. The highest BCUT2D eigenvalue weighted by molar-refractivity contribution is 5.41. The first-order valence-corrected chi connectivity index (χ1v) is 6.63. The summed E-state index contributed by atoms with van der Waals surface area (Å²) in [7, 11) is 0. The molecule has 0 atom stereocenters. The molecule has 0 saturated carbocycles. The Bertz CT molecular complexity index is 691. The molecule has 4 heteroatoms. The van der Waals surface area contributed by atoms with Crippen molar-refractivity contribution in [3.05, 3.63) is 71.7 Å². The maximum Gasteiger partial charge on any atom is 0.137 e. The first kappa shape index (κ1) is 12.8. The summed E-state index contributed by atoms with van der Waals surface area (Å²) in [5.74, 6) is 0. The number of nitrogens with zero attached hydrogens (tertiary/aromatic N) is 2. The Morgan fingerprint density at radius 2 is 1.75 bits per heavy atom. The summed E-state index contributed by atoms with van der Waals surface area (Å²) in [4.78, 5) is 4.40. The van der Waals surface area contributed by atoms with Crippen LogP contribution in [0.25, 0.3) is 5.65 Å². The fraction of sp³-hybridized carbons (Fsp3) is 0.188. The Kier molecular flexibility index (Phi) is 3.76. The molecule has 0 fully saturated rings. The number of hydrogen-bond donors (Lipinski definition) is 1. The van der Waals surface area contributed by atoms with Crippen molar-refractivity contribution in [2.75, 3.05) is 0 Å². The molecular weight excluding hydrogens is 250 g/mol. The van der Waals surface area contributed by atoms with E-state index in [-0.39, 0.29) is 0 Å². The molecule has 2 heterocycles.